The molecule has 1 heterocycles. The van der Waals surface area contributed by atoms with Crippen LogP contribution in [-0.4, -0.2) is 9.97 Å². The lowest BCUT2D eigenvalue weighted by Gasteiger charge is -2.06. The highest BCUT2D eigenvalue weighted by molar-refractivity contribution is 5.80. The Morgan fingerprint density at radius 1 is 1.20 bits per heavy atom. The molecule has 0 amide bonds. The first kappa shape index (κ1) is 16.4. The van der Waals surface area contributed by atoms with Crippen molar-refractivity contribution in [3.63, 3.8) is 0 Å². The summed E-state index contributed by atoms with van der Waals surface area (Å²) in [7, 11) is 0. The van der Waals surface area contributed by atoms with Crippen LogP contribution in [0.1, 0.15) is 63.9 Å². The normalized spacial score (nSPS) is 15.8. The van der Waals surface area contributed by atoms with Crippen molar-refractivity contribution in [1.82, 2.24) is 9.97 Å². The van der Waals surface area contributed by atoms with Gasteiger partial charge in [-0.3, -0.25) is 4.79 Å². The average Bonchev–Trinajstić information content (AvgIpc) is 2.82. The summed E-state index contributed by atoms with van der Waals surface area (Å²) < 4.78 is 0. The highest BCUT2D eigenvalue weighted by atomic mass is 16.1. The van der Waals surface area contributed by atoms with Crippen LogP contribution in [-0.2, 0) is 6.42 Å². The number of hydrogen-bond donors (Lipinski definition) is 1. The fourth-order valence-corrected chi connectivity index (χ4v) is 2.57. The van der Waals surface area contributed by atoms with Crippen LogP contribution in [0.3, 0.4) is 0 Å². The summed E-state index contributed by atoms with van der Waals surface area (Å²) in [5.41, 5.74) is 3.49. The molecule has 1 aliphatic rings. The van der Waals surface area contributed by atoms with E-state index in [9.17, 15) is 4.79 Å². The van der Waals surface area contributed by atoms with Crippen molar-refractivity contribution in [3.05, 3.63) is 39.4 Å². The molecular weight excluding hydrogens is 248 g/mol. The van der Waals surface area contributed by atoms with E-state index in [0.29, 0.717) is 11.7 Å². The number of rotatable bonds is 0. The molecule has 1 aromatic carbocycles. The number of H-pyrrole nitrogens is 1. The number of benzene rings is 1. The first-order valence-electron chi connectivity index (χ1n) is 7.68. The van der Waals surface area contributed by atoms with Crippen molar-refractivity contribution in [1.29, 1.82) is 0 Å². The van der Waals surface area contributed by atoms with Gasteiger partial charge in [0.2, 0.25) is 0 Å². The summed E-state index contributed by atoms with van der Waals surface area (Å²) in [6.45, 7) is 12.0. The molecule has 2 aromatic rings. The summed E-state index contributed by atoms with van der Waals surface area (Å²) in [6.07, 6.45) is 2.29. The van der Waals surface area contributed by atoms with Crippen LogP contribution in [0.5, 0.6) is 0 Å². The highest BCUT2D eigenvalue weighted by Crippen LogP contribution is 2.34. The van der Waals surface area contributed by atoms with E-state index in [1.54, 1.807) is 0 Å². The van der Waals surface area contributed by atoms with Gasteiger partial charge >= 0.3 is 0 Å². The lowest BCUT2D eigenvalue weighted by atomic mass is 10.0. The molecule has 1 aliphatic carbocycles. The Balaban J connectivity index is 0.000000461. The highest BCUT2D eigenvalue weighted by Gasteiger charge is 2.20. The zero-order valence-electron chi connectivity index (χ0n) is 13.5. The molecule has 110 valence electrons. The molecule has 0 radical (unpaired) electrons. The number of aromatic nitrogens is 2. The minimum Gasteiger partial charge on any atom is -0.310 e. The van der Waals surface area contributed by atoms with Gasteiger partial charge in [0.15, 0.2) is 0 Å². The molecular formula is C17H26N2O. The lowest BCUT2D eigenvalue weighted by Crippen LogP contribution is -2.10. The van der Waals surface area contributed by atoms with Gasteiger partial charge in [-0.25, -0.2) is 4.98 Å². The third kappa shape index (κ3) is 3.09. The van der Waals surface area contributed by atoms with Gasteiger partial charge in [-0.15, -0.1) is 0 Å². The van der Waals surface area contributed by atoms with E-state index in [-0.39, 0.29) is 5.56 Å². The van der Waals surface area contributed by atoms with Gasteiger partial charge in [-0.2, -0.15) is 0 Å². The van der Waals surface area contributed by atoms with Gasteiger partial charge in [-0.1, -0.05) is 34.6 Å². The van der Waals surface area contributed by atoms with E-state index in [1.165, 1.54) is 17.5 Å². The number of hydrogen-bond acceptors (Lipinski definition) is 2. The number of fused-ring (bicyclic) bond motifs is 2. The van der Waals surface area contributed by atoms with Gasteiger partial charge in [0.05, 0.1) is 10.9 Å². The average molecular weight is 274 g/mol. The van der Waals surface area contributed by atoms with Gasteiger partial charge in [0, 0.05) is 0 Å². The monoisotopic (exact) mass is 274 g/mol. The van der Waals surface area contributed by atoms with E-state index in [0.717, 1.165) is 17.3 Å². The first-order valence-corrected chi connectivity index (χ1v) is 7.68. The number of aryl methyl sites for hydroxylation is 2. The molecule has 20 heavy (non-hydrogen) atoms. The Labute approximate surface area is 121 Å². The molecule has 3 heteroatoms. The van der Waals surface area contributed by atoms with E-state index < -0.39 is 0 Å². The molecule has 1 atom stereocenters. The second-order valence-electron chi connectivity index (χ2n) is 4.66. The van der Waals surface area contributed by atoms with E-state index >= 15 is 0 Å². The maximum Gasteiger partial charge on any atom is 0.258 e. The minimum absolute atomic E-state index is 0.0237. The fraction of sp³-hybridized carbons (Fsp3) is 0.529. The smallest absolute Gasteiger partial charge is 0.258 e. The van der Waals surface area contributed by atoms with Crippen molar-refractivity contribution < 1.29 is 0 Å². The largest absolute Gasteiger partial charge is 0.310 e. The first-order chi connectivity index (χ1) is 9.65. The maximum atomic E-state index is 11.8. The van der Waals surface area contributed by atoms with Crippen molar-refractivity contribution in [2.45, 2.75) is 60.3 Å². The molecule has 1 aromatic heterocycles. The Morgan fingerprint density at radius 3 is 2.50 bits per heavy atom. The van der Waals surface area contributed by atoms with Crippen LogP contribution in [0.25, 0.3) is 10.9 Å². The van der Waals surface area contributed by atoms with Gasteiger partial charge in [-0.05, 0) is 48.9 Å². The molecule has 3 rings (SSSR count). The molecule has 0 aliphatic heterocycles. The summed E-state index contributed by atoms with van der Waals surface area (Å²) in [5, 5.41) is 0.720. The molecule has 0 spiro atoms. The number of aromatic amines is 1. The van der Waals surface area contributed by atoms with Crippen molar-refractivity contribution in [2.24, 2.45) is 0 Å². The predicted octanol–water partition coefficient (Wildman–Crippen LogP) is 4.33. The maximum absolute atomic E-state index is 11.8. The van der Waals surface area contributed by atoms with E-state index in [1.807, 2.05) is 40.7 Å². The SMILES string of the molecule is CC.CC.Cc1nc2cc3c(cc2c(=O)[nH]1)C(C)CC3. The molecule has 0 fully saturated rings. The summed E-state index contributed by atoms with van der Waals surface area (Å²) >= 11 is 0. The van der Waals surface area contributed by atoms with E-state index in [4.69, 9.17) is 0 Å². The zero-order valence-corrected chi connectivity index (χ0v) is 13.5. The fourth-order valence-electron chi connectivity index (χ4n) is 2.57. The predicted molar refractivity (Wildman–Crippen MR) is 86.5 cm³/mol. The van der Waals surface area contributed by atoms with Crippen LogP contribution in [0, 0.1) is 6.92 Å². The van der Waals surface area contributed by atoms with Crippen molar-refractivity contribution in [3.8, 4) is 0 Å². The Kier molecular flexibility index (Phi) is 5.93. The summed E-state index contributed by atoms with van der Waals surface area (Å²) in [6, 6.07) is 4.10. The van der Waals surface area contributed by atoms with Crippen molar-refractivity contribution in [2.75, 3.05) is 0 Å². The second-order valence-corrected chi connectivity index (χ2v) is 4.66. The van der Waals surface area contributed by atoms with Gasteiger partial charge in [0.1, 0.15) is 5.82 Å². The Bertz CT molecular complexity index is 629. The molecule has 0 saturated carbocycles. The third-order valence-corrected chi connectivity index (χ3v) is 3.46. The molecule has 0 bridgehead atoms. The van der Waals surface area contributed by atoms with Crippen LogP contribution < -0.4 is 5.56 Å². The number of nitrogens with zero attached hydrogens (tertiary/aromatic N) is 1. The Morgan fingerprint density at radius 2 is 1.85 bits per heavy atom. The molecule has 1 N–H and O–H groups in total. The minimum atomic E-state index is -0.0237. The van der Waals surface area contributed by atoms with Crippen LogP contribution in [0.4, 0.5) is 0 Å². The quantitative estimate of drug-likeness (QED) is 0.777. The van der Waals surface area contributed by atoms with Crippen molar-refractivity contribution >= 4 is 10.9 Å². The van der Waals surface area contributed by atoms with Gasteiger partial charge < -0.3 is 4.98 Å². The lowest BCUT2D eigenvalue weighted by molar-refractivity contribution is 0.747. The van der Waals surface area contributed by atoms with Gasteiger partial charge in [0.25, 0.3) is 5.56 Å². The van der Waals surface area contributed by atoms with Crippen LogP contribution in [0.2, 0.25) is 0 Å². The summed E-state index contributed by atoms with van der Waals surface area (Å²) in [5.74, 6) is 1.25. The molecule has 0 saturated heterocycles. The van der Waals surface area contributed by atoms with Crippen LogP contribution in [0.15, 0.2) is 16.9 Å². The third-order valence-electron chi connectivity index (χ3n) is 3.46. The second kappa shape index (κ2) is 7.22. The Hall–Kier alpha value is -1.64. The summed E-state index contributed by atoms with van der Waals surface area (Å²) in [4.78, 5) is 18.9. The molecule has 3 nitrogen and oxygen atoms in total. The number of nitrogens with one attached hydrogen (secondary N) is 1. The molecule has 1 unspecified atom stereocenters. The van der Waals surface area contributed by atoms with Crippen LogP contribution >= 0.6 is 0 Å². The van der Waals surface area contributed by atoms with E-state index in [2.05, 4.69) is 23.0 Å². The topological polar surface area (TPSA) is 45.8 Å². The standard InChI is InChI=1S/C13H14N2O.2C2H6/c1-7-3-4-9-5-12-11(6-10(7)9)13(16)15-8(2)14-12;2*1-2/h5-7H,3-4H2,1-2H3,(H,14,15,16);2*1-2H3. The zero-order chi connectivity index (χ0) is 15.3.